The Balaban J connectivity index is 1.98. The van der Waals surface area contributed by atoms with Gasteiger partial charge >= 0.3 is 0 Å². The maximum atomic E-state index is 13.2. The van der Waals surface area contributed by atoms with E-state index >= 15 is 0 Å². The monoisotopic (exact) mass is 258 g/mol. The number of hydrogen-bond acceptors (Lipinski definition) is 1. The highest BCUT2D eigenvalue weighted by Crippen LogP contribution is 2.20. The van der Waals surface area contributed by atoms with E-state index in [4.69, 9.17) is 5.73 Å². The first-order valence-electron chi connectivity index (χ1n) is 5.92. The van der Waals surface area contributed by atoms with Gasteiger partial charge in [-0.25, -0.2) is 8.78 Å². The maximum absolute atomic E-state index is 13.2. The molecule has 19 heavy (non-hydrogen) atoms. The molecule has 0 aliphatic heterocycles. The molecule has 3 rings (SSSR count). The van der Waals surface area contributed by atoms with E-state index in [1.807, 2.05) is 35.0 Å². The van der Waals surface area contributed by atoms with Gasteiger partial charge in [0, 0.05) is 29.3 Å². The SMILES string of the molecule is Nc1ccc2c(ccn2Cc2ccc(F)c(F)c2)c1. The summed E-state index contributed by atoms with van der Waals surface area (Å²) in [7, 11) is 0. The summed E-state index contributed by atoms with van der Waals surface area (Å²) in [6, 6.07) is 11.5. The predicted octanol–water partition coefficient (Wildman–Crippen LogP) is 3.55. The summed E-state index contributed by atoms with van der Waals surface area (Å²) in [5, 5.41) is 1.03. The summed E-state index contributed by atoms with van der Waals surface area (Å²) < 4.78 is 28.0. The summed E-state index contributed by atoms with van der Waals surface area (Å²) in [4.78, 5) is 0. The molecule has 0 fully saturated rings. The molecular weight excluding hydrogens is 246 g/mol. The molecule has 1 heterocycles. The van der Waals surface area contributed by atoms with Crippen molar-refractivity contribution in [3.63, 3.8) is 0 Å². The van der Waals surface area contributed by atoms with E-state index in [1.165, 1.54) is 6.07 Å². The van der Waals surface area contributed by atoms with Gasteiger partial charge in [0.05, 0.1) is 0 Å². The van der Waals surface area contributed by atoms with Crippen LogP contribution >= 0.6 is 0 Å². The second-order valence-corrected chi connectivity index (χ2v) is 4.51. The van der Waals surface area contributed by atoms with Gasteiger partial charge in [-0.15, -0.1) is 0 Å². The fourth-order valence-corrected chi connectivity index (χ4v) is 2.19. The van der Waals surface area contributed by atoms with Crippen molar-refractivity contribution < 1.29 is 8.78 Å². The minimum atomic E-state index is -0.825. The van der Waals surface area contributed by atoms with Crippen LogP contribution in [0.5, 0.6) is 0 Å². The van der Waals surface area contributed by atoms with Crippen LogP contribution in [0.2, 0.25) is 0 Å². The Kier molecular flexibility index (Phi) is 2.71. The number of aromatic nitrogens is 1. The fourth-order valence-electron chi connectivity index (χ4n) is 2.19. The molecule has 0 aliphatic carbocycles. The van der Waals surface area contributed by atoms with Gasteiger partial charge < -0.3 is 10.3 Å². The molecule has 0 spiro atoms. The number of benzene rings is 2. The molecule has 0 bridgehead atoms. The standard InChI is InChI=1S/C15H12F2N2/c16-13-3-1-10(7-14(13)17)9-19-6-5-11-8-12(18)2-4-15(11)19/h1-8H,9,18H2. The molecule has 0 unspecified atom stereocenters. The Bertz CT molecular complexity index is 747. The molecular formula is C15H12F2N2. The van der Waals surface area contributed by atoms with Crippen LogP contribution in [0.15, 0.2) is 48.7 Å². The van der Waals surface area contributed by atoms with Crippen molar-refractivity contribution in [3.8, 4) is 0 Å². The van der Waals surface area contributed by atoms with Crippen molar-refractivity contribution in [2.24, 2.45) is 0 Å². The van der Waals surface area contributed by atoms with Crippen LogP contribution in [0.3, 0.4) is 0 Å². The van der Waals surface area contributed by atoms with Crippen molar-refractivity contribution in [2.45, 2.75) is 6.54 Å². The molecule has 0 aliphatic rings. The molecule has 2 N–H and O–H groups in total. The Morgan fingerprint density at radius 1 is 0.947 bits per heavy atom. The lowest BCUT2D eigenvalue weighted by atomic mass is 10.2. The van der Waals surface area contributed by atoms with Crippen LogP contribution in [0.4, 0.5) is 14.5 Å². The van der Waals surface area contributed by atoms with Gasteiger partial charge in [-0.3, -0.25) is 0 Å². The van der Waals surface area contributed by atoms with Crippen molar-refractivity contribution in [2.75, 3.05) is 5.73 Å². The third-order valence-corrected chi connectivity index (χ3v) is 3.13. The Morgan fingerprint density at radius 2 is 1.79 bits per heavy atom. The smallest absolute Gasteiger partial charge is 0.159 e. The van der Waals surface area contributed by atoms with Gasteiger partial charge in [0.15, 0.2) is 11.6 Å². The highest BCUT2D eigenvalue weighted by Gasteiger charge is 2.05. The first-order chi connectivity index (χ1) is 9.13. The number of rotatable bonds is 2. The van der Waals surface area contributed by atoms with E-state index in [9.17, 15) is 8.78 Å². The largest absolute Gasteiger partial charge is 0.399 e. The molecule has 4 heteroatoms. The lowest BCUT2D eigenvalue weighted by Crippen LogP contribution is -1.99. The third-order valence-electron chi connectivity index (χ3n) is 3.13. The molecule has 0 radical (unpaired) electrons. The van der Waals surface area contributed by atoms with E-state index in [0.29, 0.717) is 17.8 Å². The number of nitrogens with zero attached hydrogens (tertiary/aromatic N) is 1. The summed E-state index contributed by atoms with van der Waals surface area (Å²) in [6.07, 6.45) is 1.91. The topological polar surface area (TPSA) is 30.9 Å². The lowest BCUT2D eigenvalue weighted by Gasteiger charge is -2.06. The number of hydrogen-bond donors (Lipinski definition) is 1. The van der Waals surface area contributed by atoms with E-state index in [-0.39, 0.29) is 0 Å². The van der Waals surface area contributed by atoms with Crippen molar-refractivity contribution in [3.05, 3.63) is 65.9 Å². The third kappa shape index (κ3) is 2.17. The maximum Gasteiger partial charge on any atom is 0.159 e. The number of nitrogen functional groups attached to an aromatic ring is 1. The Morgan fingerprint density at radius 3 is 2.58 bits per heavy atom. The van der Waals surface area contributed by atoms with Crippen molar-refractivity contribution >= 4 is 16.6 Å². The normalized spacial score (nSPS) is 11.1. The second-order valence-electron chi connectivity index (χ2n) is 4.51. The van der Waals surface area contributed by atoms with Gasteiger partial charge in [-0.1, -0.05) is 6.07 Å². The average Bonchev–Trinajstić information content (AvgIpc) is 2.76. The molecule has 0 saturated heterocycles. The molecule has 1 aromatic heterocycles. The summed E-state index contributed by atoms with van der Waals surface area (Å²) in [5.74, 6) is -1.65. The molecule has 3 aromatic rings. The predicted molar refractivity (Wildman–Crippen MR) is 71.8 cm³/mol. The molecule has 96 valence electrons. The van der Waals surface area contributed by atoms with E-state index < -0.39 is 11.6 Å². The van der Waals surface area contributed by atoms with Crippen LogP contribution in [-0.2, 0) is 6.54 Å². The molecule has 0 amide bonds. The number of nitrogens with two attached hydrogens (primary N) is 1. The van der Waals surface area contributed by atoms with Crippen LogP contribution in [-0.4, -0.2) is 4.57 Å². The van der Waals surface area contributed by atoms with Crippen LogP contribution in [0.25, 0.3) is 10.9 Å². The highest BCUT2D eigenvalue weighted by atomic mass is 19.2. The minimum absolute atomic E-state index is 0.491. The van der Waals surface area contributed by atoms with Gasteiger partial charge in [-0.05, 0) is 42.0 Å². The van der Waals surface area contributed by atoms with Crippen molar-refractivity contribution in [1.82, 2.24) is 4.57 Å². The molecule has 0 atom stereocenters. The quantitative estimate of drug-likeness (QED) is 0.700. The molecule has 0 saturated carbocycles. The van der Waals surface area contributed by atoms with Gasteiger partial charge in [0.25, 0.3) is 0 Å². The average molecular weight is 258 g/mol. The second kappa shape index (κ2) is 4.39. The zero-order valence-corrected chi connectivity index (χ0v) is 10.1. The fraction of sp³-hybridized carbons (Fsp3) is 0.0667. The van der Waals surface area contributed by atoms with Crippen LogP contribution in [0.1, 0.15) is 5.56 Å². The van der Waals surface area contributed by atoms with E-state index in [1.54, 1.807) is 6.07 Å². The van der Waals surface area contributed by atoms with Crippen LogP contribution < -0.4 is 5.73 Å². The van der Waals surface area contributed by atoms with E-state index in [2.05, 4.69) is 0 Å². The number of fused-ring (bicyclic) bond motifs is 1. The highest BCUT2D eigenvalue weighted by molar-refractivity contribution is 5.83. The Labute approximate surface area is 109 Å². The zero-order chi connectivity index (χ0) is 13.4. The number of halogens is 2. The Hall–Kier alpha value is -2.36. The minimum Gasteiger partial charge on any atom is -0.399 e. The first-order valence-corrected chi connectivity index (χ1v) is 5.92. The molecule has 2 aromatic carbocycles. The van der Waals surface area contributed by atoms with Crippen molar-refractivity contribution in [1.29, 1.82) is 0 Å². The molecule has 2 nitrogen and oxygen atoms in total. The summed E-state index contributed by atoms with van der Waals surface area (Å²) >= 11 is 0. The zero-order valence-electron chi connectivity index (χ0n) is 10.1. The summed E-state index contributed by atoms with van der Waals surface area (Å²) in [5.41, 5.74) is 8.16. The van der Waals surface area contributed by atoms with Gasteiger partial charge in [0.2, 0.25) is 0 Å². The van der Waals surface area contributed by atoms with E-state index in [0.717, 1.165) is 17.0 Å². The van der Waals surface area contributed by atoms with Gasteiger partial charge in [-0.2, -0.15) is 0 Å². The summed E-state index contributed by atoms with van der Waals surface area (Å²) in [6.45, 7) is 0.491. The van der Waals surface area contributed by atoms with Crippen LogP contribution in [0, 0.1) is 11.6 Å². The first kappa shape index (κ1) is 11.7. The lowest BCUT2D eigenvalue weighted by molar-refractivity contribution is 0.506. The van der Waals surface area contributed by atoms with Gasteiger partial charge in [0.1, 0.15) is 0 Å². The number of anilines is 1.